The number of rotatable bonds is 8. The summed E-state index contributed by atoms with van der Waals surface area (Å²) in [5, 5.41) is 24.7. The van der Waals surface area contributed by atoms with Crippen molar-refractivity contribution < 1.29 is 9.50 Å². The Labute approximate surface area is 237 Å². The maximum absolute atomic E-state index is 13.5. The third kappa shape index (κ3) is 4.62. The third-order valence-electron chi connectivity index (χ3n) is 8.29. The van der Waals surface area contributed by atoms with E-state index in [1.807, 2.05) is 16.5 Å². The summed E-state index contributed by atoms with van der Waals surface area (Å²) in [4.78, 5) is 12.3. The lowest BCUT2D eigenvalue weighted by molar-refractivity contribution is 0.0145. The van der Waals surface area contributed by atoms with Crippen LogP contribution in [0.1, 0.15) is 36.0 Å². The topological polar surface area (TPSA) is 83.9 Å². The first kappa shape index (κ1) is 26.7. The van der Waals surface area contributed by atoms with Crippen LogP contribution in [0.25, 0.3) is 16.8 Å². The van der Waals surface area contributed by atoms with Gasteiger partial charge in [-0.1, -0.05) is 18.3 Å². The van der Waals surface area contributed by atoms with Gasteiger partial charge < -0.3 is 19.8 Å². The molecule has 0 radical (unpaired) electrons. The number of anilines is 3. The van der Waals surface area contributed by atoms with E-state index in [4.69, 9.17) is 15.2 Å². The number of likely N-dealkylation sites (tertiary alicyclic amines) is 1. The molecule has 5 heterocycles. The predicted molar refractivity (Wildman–Crippen MR) is 157 cm³/mol. The number of halogens is 1. The summed E-state index contributed by atoms with van der Waals surface area (Å²) in [6.07, 6.45) is 2.78. The Kier molecular flexibility index (Phi) is 6.98. The highest BCUT2D eigenvalue weighted by Crippen LogP contribution is 2.43. The van der Waals surface area contributed by atoms with Crippen LogP contribution >= 0.6 is 11.3 Å². The van der Waals surface area contributed by atoms with Gasteiger partial charge in [-0.2, -0.15) is 10.4 Å². The normalized spacial score (nSPS) is 16.6. The van der Waals surface area contributed by atoms with Gasteiger partial charge >= 0.3 is 0 Å². The van der Waals surface area contributed by atoms with Crippen LogP contribution in [-0.2, 0) is 6.42 Å². The van der Waals surface area contributed by atoms with Crippen LogP contribution in [0, 0.1) is 29.5 Å². The highest BCUT2D eigenvalue weighted by molar-refractivity contribution is 7.16. The predicted octanol–water partition coefficient (Wildman–Crippen LogP) is 5.00. The smallest absolute Gasteiger partial charge is 0.191 e. The zero-order chi connectivity index (χ0) is 28.0. The molecule has 0 unspecified atom stereocenters. The van der Waals surface area contributed by atoms with E-state index in [0.717, 1.165) is 73.7 Å². The quantitative estimate of drug-likeness (QED) is 0.325. The first-order valence-electron chi connectivity index (χ1n) is 13.9. The van der Waals surface area contributed by atoms with Crippen molar-refractivity contribution in [1.82, 2.24) is 19.5 Å². The molecule has 1 N–H and O–H groups in total. The molecule has 0 saturated carbocycles. The van der Waals surface area contributed by atoms with E-state index in [-0.39, 0.29) is 12.4 Å². The van der Waals surface area contributed by atoms with E-state index in [2.05, 4.69) is 41.8 Å². The van der Waals surface area contributed by atoms with Crippen LogP contribution in [0.2, 0.25) is 0 Å². The van der Waals surface area contributed by atoms with Crippen molar-refractivity contribution in [2.75, 3.05) is 56.2 Å². The van der Waals surface area contributed by atoms with Gasteiger partial charge in [0.05, 0.1) is 16.9 Å². The molecule has 4 aromatic rings. The molecule has 2 aliphatic rings. The number of hydrogen-bond donors (Lipinski definition) is 1. The minimum Gasteiger partial charge on any atom is -0.396 e. The zero-order valence-corrected chi connectivity index (χ0v) is 24.0. The summed E-state index contributed by atoms with van der Waals surface area (Å²) in [7, 11) is 1.98. The molecule has 2 saturated heterocycles. The minimum absolute atomic E-state index is 0.253. The molecule has 0 amide bonds. The van der Waals surface area contributed by atoms with Gasteiger partial charge in [0.25, 0.3) is 0 Å². The van der Waals surface area contributed by atoms with E-state index in [1.165, 1.54) is 35.6 Å². The summed E-state index contributed by atoms with van der Waals surface area (Å²) < 4.78 is 15.5. The van der Waals surface area contributed by atoms with Gasteiger partial charge in [0, 0.05) is 68.7 Å². The fraction of sp³-hybridized carbons (Fsp3) is 0.433. The van der Waals surface area contributed by atoms with Crippen molar-refractivity contribution >= 4 is 33.4 Å². The van der Waals surface area contributed by atoms with Gasteiger partial charge in [-0.15, -0.1) is 0 Å². The lowest BCUT2D eigenvalue weighted by Gasteiger charge is -2.48. The number of nitriles is 1. The summed E-state index contributed by atoms with van der Waals surface area (Å²) >= 11 is 1.33. The van der Waals surface area contributed by atoms with E-state index in [1.54, 1.807) is 12.1 Å². The molecule has 0 bridgehead atoms. The first-order chi connectivity index (χ1) is 19.3. The Balaban J connectivity index is 1.33. The molecule has 6 rings (SSSR count). The van der Waals surface area contributed by atoms with Crippen LogP contribution in [0.4, 0.5) is 20.9 Å². The van der Waals surface area contributed by atoms with Gasteiger partial charge in [-0.05, 0) is 62.6 Å². The van der Waals surface area contributed by atoms with Gasteiger partial charge in [0.1, 0.15) is 22.5 Å². The maximum atomic E-state index is 13.5. The molecule has 40 heavy (non-hydrogen) atoms. The molecule has 0 atom stereocenters. The maximum Gasteiger partial charge on any atom is 0.191 e. The van der Waals surface area contributed by atoms with Crippen LogP contribution in [0.15, 0.2) is 36.4 Å². The van der Waals surface area contributed by atoms with Crippen LogP contribution < -0.4 is 9.80 Å². The monoisotopic (exact) mass is 559 g/mol. The second kappa shape index (κ2) is 10.5. The van der Waals surface area contributed by atoms with Crippen molar-refractivity contribution in [2.45, 2.75) is 33.1 Å². The summed E-state index contributed by atoms with van der Waals surface area (Å²) in [5.41, 5.74) is 6.88. The van der Waals surface area contributed by atoms with Crippen molar-refractivity contribution in [1.29, 1.82) is 5.26 Å². The molecule has 208 valence electrons. The standard InChI is InChI=1S/C30H34FN7OS/c1-4-24-28(35(3)29-33-27(26(16-32)40-29)21-6-8-22(31)9-7-21)25-15-23(14-20(2)38(25)34-24)37-12-10-30(19-37)17-36(18-30)11-5-13-39/h6-9,14-15,39H,4-5,10-13,17-19H2,1-3H3. The zero-order valence-electron chi connectivity index (χ0n) is 23.2. The Morgan fingerprint density at radius 1 is 1.20 bits per heavy atom. The Morgan fingerprint density at radius 3 is 2.67 bits per heavy atom. The van der Waals surface area contributed by atoms with Crippen LogP contribution in [-0.4, -0.2) is 71.0 Å². The fourth-order valence-electron chi connectivity index (χ4n) is 6.31. The summed E-state index contributed by atoms with van der Waals surface area (Å²) in [5.74, 6) is -0.319. The van der Waals surface area contributed by atoms with Crippen molar-refractivity contribution in [3.8, 4) is 17.3 Å². The number of pyridine rings is 1. The van der Waals surface area contributed by atoms with Crippen molar-refractivity contribution in [3.05, 3.63) is 58.5 Å². The third-order valence-corrected chi connectivity index (χ3v) is 9.32. The van der Waals surface area contributed by atoms with E-state index in [9.17, 15) is 9.65 Å². The summed E-state index contributed by atoms with van der Waals surface area (Å²) in [6, 6.07) is 12.9. The molecule has 2 fully saturated rings. The number of aliphatic hydroxyl groups is 1. The van der Waals surface area contributed by atoms with E-state index in [0.29, 0.717) is 21.1 Å². The average Bonchev–Trinajstić information content (AvgIpc) is 3.66. The van der Waals surface area contributed by atoms with Crippen LogP contribution in [0.3, 0.4) is 0 Å². The number of aliphatic hydroxyl groups excluding tert-OH is 1. The van der Waals surface area contributed by atoms with Crippen LogP contribution in [0.5, 0.6) is 0 Å². The van der Waals surface area contributed by atoms with E-state index < -0.39 is 0 Å². The Morgan fingerprint density at radius 2 is 1.98 bits per heavy atom. The SMILES string of the molecule is CCc1nn2c(C)cc(N3CCC4(CN(CCCO)C4)C3)cc2c1N(C)c1nc(-c2ccc(F)cc2)c(C#N)s1. The summed E-state index contributed by atoms with van der Waals surface area (Å²) in [6.45, 7) is 9.71. The molecular weight excluding hydrogens is 525 g/mol. The molecule has 8 nitrogen and oxygen atoms in total. The minimum atomic E-state index is -0.319. The first-order valence-corrected chi connectivity index (χ1v) is 14.7. The molecular formula is C30H34FN7OS. The fourth-order valence-corrected chi connectivity index (χ4v) is 7.16. The number of hydrogen-bond acceptors (Lipinski definition) is 8. The number of aryl methyl sites for hydroxylation is 2. The van der Waals surface area contributed by atoms with Gasteiger partial charge in [-0.25, -0.2) is 13.9 Å². The average molecular weight is 560 g/mol. The Hall–Kier alpha value is -3.52. The van der Waals surface area contributed by atoms with Crippen molar-refractivity contribution in [2.24, 2.45) is 5.41 Å². The molecule has 3 aromatic heterocycles. The van der Waals surface area contributed by atoms with Crippen molar-refractivity contribution in [3.63, 3.8) is 0 Å². The highest BCUT2D eigenvalue weighted by Gasteiger charge is 2.47. The molecule has 0 aliphatic carbocycles. The number of thiazole rings is 1. The lowest BCUT2D eigenvalue weighted by Crippen LogP contribution is -2.57. The van der Waals surface area contributed by atoms with Gasteiger partial charge in [-0.3, -0.25) is 0 Å². The molecule has 1 spiro atoms. The highest BCUT2D eigenvalue weighted by atomic mass is 32.1. The Bertz CT molecular complexity index is 1580. The lowest BCUT2D eigenvalue weighted by atomic mass is 9.79. The molecule has 2 aliphatic heterocycles. The second-order valence-corrected chi connectivity index (χ2v) is 12.1. The van der Waals surface area contributed by atoms with Gasteiger partial charge in [0.15, 0.2) is 5.13 Å². The molecule has 10 heteroatoms. The van der Waals surface area contributed by atoms with E-state index >= 15 is 0 Å². The number of fused-ring (bicyclic) bond motifs is 1. The molecule has 1 aromatic carbocycles. The number of benzene rings is 1. The number of aromatic nitrogens is 3. The van der Waals surface area contributed by atoms with Gasteiger partial charge in [0.2, 0.25) is 0 Å². The number of nitrogens with zero attached hydrogens (tertiary/aromatic N) is 7. The largest absolute Gasteiger partial charge is 0.396 e. The second-order valence-electron chi connectivity index (χ2n) is 11.1.